The average molecular weight is 543 g/mol. The number of carbonyl (C=O) groups is 1. The Balaban J connectivity index is 1.34. The van der Waals surface area contributed by atoms with Crippen molar-refractivity contribution in [2.75, 3.05) is 18.6 Å². The number of thiazole rings is 1. The first-order chi connectivity index (χ1) is 18.9. The molecule has 0 atom stereocenters. The second-order valence-electron chi connectivity index (χ2n) is 11.1. The molecule has 39 heavy (non-hydrogen) atoms. The van der Waals surface area contributed by atoms with Crippen molar-refractivity contribution in [1.29, 1.82) is 0 Å². The summed E-state index contributed by atoms with van der Waals surface area (Å²) in [4.78, 5) is 20.1. The minimum absolute atomic E-state index is 0.153. The Morgan fingerprint density at radius 2 is 1.90 bits per heavy atom. The zero-order valence-corrected chi connectivity index (χ0v) is 23.8. The third-order valence-electron chi connectivity index (χ3n) is 8.41. The van der Waals surface area contributed by atoms with E-state index in [0.29, 0.717) is 31.2 Å². The second kappa shape index (κ2) is 12.4. The molecule has 0 aliphatic heterocycles. The number of nitrogens with zero attached hydrogens (tertiary/aromatic N) is 2. The summed E-state index contributed by atoms with van der Waals surface area (Å²) in [5.74, 6) is 8.01. The summed E-state index contributed by atoms with van der Waals surface area (Å²) >= 11 is 1.51. The molecule has 0 bridgehead atoms. The van der Waals surface area contributed by atoms with Crippen LogP contribution in [0.1, 0.15) is 85.4 Å². The van der Waals surface area contributed by atoms with Crippen LogP contribution in [0.5, 0.6) is 5.75 Å². The monoisotopic (exact) mass is 542 g/mol. The van der Waals surface area contributed by atoms with E-state index >= 15 is 0 Å². The van der Waals surface area contributed by atoms with Crippen LogP contribution in [0.25, 0.3) is 0 Å². The molecule has 1 aromatic heterocycles. The lowest BCUT2D eigenvalue weighted by Gasteiger charge is -2.38. The molecule has 2 aromatic carbocycles. The van der Waals surface area contributed by atoms with E-state index in [-0.39, 0.29) is 5.91 Å². The lowest BCUT2D eigenvalue weighted by molar-refractivity contribution is -0.140. The number of methoxy groups -OCH3 is 1. The normalized spacial score (nSPS) is 20.5. The van der Waals surface area contributed by atoms with Crippen molar-refractivity contribution in [1.82, 2.24) is 4.98 Å². The van der Waals surface area contributed by atoms with Gasteiger partial charge < -0.3 is 14.7 Å². The summed E-state index contributed by atoms with van der Waals surface area (Å²) in [7, 11) is 1.72. The number of hydrogen-bond donors (Lipinski definition) is 1. The molecule has 0 radical (unpaired) electrons. The van der Waals surface area contributed by atoms with Crippen LogP contribution in [0.4, 0.5) is 5.69 Å². The predicted molar refractivity (Wildman–Crippen MR) is 157 cm³/mol. The van der Waals surface area contributed by atoms with Crippen LogP contribution in [0.3, 0.4) is 0 Å². The van der Waals surface area contributed by atoms with E-state index in [1.165, 1.54) is 22.5 Å². The highest BCUT2D eigenvalue weighted by Gasteiger charge is 2.41. The fourth-order valence-corrected chi connectivity index (χ4v) is 6.64. The lowest BCUT2D eigenvalue weighted by Crippen LogP contribution is -2.51. The first-order valence-corrected chi connectivity index (χ1v) is 15.0. The zero-order chi connectivity index (χ0) is 27.2. The van der Waals surface area contributed by atoms with Gasteiger partial charge in [-0.3, -0.25) is 4.79 Å². The maximum absolute atomic E-state index is 14.0. The number of aryl methyl sites for hydroxylation is 1. The van der Waals surface area contributed by atoms with Gasteiger partial charge >= 0.3 is 0 Å². The fraction of sp³-hybridized carbons (Fsp3) is 0.455. The van der Waals surface area contributed by atoms with E-state index in [0.717, 1.165) is 67.0 Å². The molecule has 6 heteroatoms. The maximum Gasteiger partial charge on any atom is 0.258 e. The van der Waals surface area contributed by atoms with Crippen molar-refractivity contribution in [2.45, 2.75) is 76.2 Å². The molecule has 0 saturated heterocycles. The van der Waals surface area contributed by atoms with Crippen molar-refractivity contribution in [2.24, 2.45) is 5.92 Å². The van der Waals surface area contributed by atoms with E-state index in [1.54, 1.807) is 13.3 Å². The number of amides is 1. The Labute approximate surface area is 236 Å². The highest BCUT2D eigenvalue weighted by atomic mass is 32.1. The number of anilines is 1. The van der Waals surface area contributed by atoms with Gasteiger partial charge in [0.15, 0.2) is 5.01 Å². The number of rotatable bonds is 6. The Kier molecular flexibility index (Phi) is 8.69. The smallest absolute Gasteiger partial charge is 0.258 e. The first-order valence-electron chi connectivity index (χ1n) is 14.2. The summed E-state index contributed by atoms with van der Waals surface area (Å²) < 4.78 is 5.44. The topological polar surface area (TPSA) is 62.7 Å². The second-order valence-corrected chi connectivity index (χ2v) is 12.0. The number of hydrogen-bond acceptors (Lipinski definition) is 5. The van der Waals surface area contributed by atoms with Crippen LogP contribution in [-0.2, 0) is 4.79 Å². The molecule has 5 rings (SSSR count). The Hall–Kier alpha value is -3.14. The third-order valence-corrected chi connectivity index (χ3v) is 9.09. The number of carbonyl (C=O) groups excluding carboxylic acids is 1. The van der Waals surface area contributed by atoms with Gasteiger partial charge in [-0.05, 0) is 98.6 Å². The number of aliphatic hydroxyl groups is 1. The summed E-state index contributed by atoms with van der Waals surface area (Å²) in [6.07, 6.45) is 9.99. The summed E-state index contributed by atoms with van der Waals surface area (Å²) in [5, 5.41) is 14.1. The molecule has 1 amide bonds. The Bertz CT molecular complexity index is 1330. The van der Waals surface area contributed by atoms with E-state index in [2.05, 4.69) is 41.9 Å². The van der Waals surface area contributed by atoms with Crippen LogP contribution in [0, 0.1) is 24.7 Å². The van der Waals surface area contributed by atoms with Gasteiger partial charge in [0.25, 0.3) is 5.91 Å². The van der Waals surface area contributed by atoms with E-state index < -0.39 is 5.60 Å². The highest BCUT2D eigenvalue weighted by Crippen LogP contribution is 2.39. The lowest BCUT2D eigenvalue weighted by atomic mass is 9.77. The summed E-state index contributed by atoms with van der Waals surface area (Å²) in [6, 6.07) is 14.4. The average Bonchev–Trinajstić information content (AvgIpc) is 3.49. The molecule has 5 nitrogen and oxygen atoms in total. The minimum Gasteiger partial charge on any atom is -0.496 e. The van der Waals surface area contributed by atoms with Gasteiger partial charge in [-0.2, -0.15) is 0 Å². The van der Waals surface area contributed by atoms with Gasteiger partial charge in [0, 0.05) is 29.4 Å². The summed E-state index contributed by atoms with van der Waals surface area (Å²) in [6.45, 7) is 2.72. The van der Waals surface area contributed by atoms with Gasteiger partial charge in [-0.15, -0.1) is 11.3 Å². The fourth-order valence-electron chi connectivity index (χ4n) is 6.16. The molecule has 0 spiro atoms. The van der Waals surface area contributed by atoms with Crippen LogP contribution in [-0.4, -0.2) is 35.3 Å². The summed E-state index contributed by atoms with van der Waals surface area (Å²) in [5.41, 5.74) is 2.93. The molecule has 1 heterocycles. The van der Waals surface area contributed by atoms with E-state index in [9.17, 15) is 9.90 Å². The predicted octanol–water partition coefficient (Wildman–Crippen LogP) is 6.86. The molecule has 2 aliphatic rings. The largest absolute Gasteiger partial charge is 0.496 e. The van der Waals surface area contributed by atoms with Crippen LogP contribution in [0.15, 0.2) is 54.0 Å². The van der Waals surface area contributed by atoms with Crippen molar-refractivity contribution in [3.8, 4) is 17.6 Å². The molecule has 3 aromatic rings. The third kappa shape index (κ3) is 6.54. The SMILES string of the molecule is COc1ccc(C2CCC(CN(C(=O)C3(O)CCCCC3)c3cccc(C#Cc4nccs4)c3)CC2)cc1C. The van der Waals surface area contributed by atoms with Crippen molar-refractivity contribution in [3.05, 3.63) is 75.7 Å². The molecule has 2 saturated carbocycles. The van der Waals surface area contributed by atoms with Gasteiger partial charge in [0.05, 0.1) is 7.11 Å². The van der Waals surface area contributed by atoms with Gasteiger partial charge in [-0.1, -0.05) is 43.4 Å². The molecule has 2 aliphatic carbocycles. The first kappa shape index (κ1) is 27.4. The Morgan fingerprint density at radius 1 is 1.10 bits per heavy atom. The highest BCUT2D eigenvalue weighted by molar-refractivity contribution is 7.10. The quantitative estimate of drug-likeness (QED) is 0.346. The van der Waals surface area contributed by atoms with Crippen LogP contribution < -0.4 is 9.64 Å². The van der Waals surface area contributed by atoms with Gasteiger partial charge in [-0.25, -0.2) is 4.98 Å². The van der Waals surface area contributed by atoms with Crippen molar-refractivity contribution in [3.63, 3.8) is 0 Å². The van der Waals surface area contributed by atoms with E-state index in [1.807, 2.05) is 34.5 Å². The van der Waals surface area contributed by atoms with Crippen molar-refractivity contribution >= 4 is 22.9 Å². The molecule has 204 valence electrons. The minimum atomic E-state index is -1.28. The molecular formula is C33H38N2O3S. The zero-order valence-electron chi connectivity index (χ0n) is 23.0. The molecule has 0 unspecified atom stereocenters. The maximum atomic E-state index is 14.0. The van der Waals surface area contributed by atoms with Gasteiger partial charge in [0.1, 0.15) is 11.4 Å². The number of benzene rings is 2. The van der Waals surface area contributed by atoms with E-state index in [4.69, 9.17) is 4.74 Å². The molecular weight excluding hydrogens is 504 g/mol. The number of ether oxygens (including phenoxy) is 1. The van der Waals surface area contributed by atoms with Gasteiger partial charge in [0.2, 0.25) is 0 Å². The molecule has 2 fully saturated rings. The van der Waals surface area contributed by atoms with Crippen LogP contribution in [0.2, 0.25) is 0 Å². The van der Waals surface area contributed by atoms with Crippen molar-refractivity contribution < 1.29 is 14.6 Å². The van der Waals surface area contributed by atoms with Crippen LogP contribution >= 0.6 is 11.3 Å². The number of aromatic nitrogens is 1. The molecule has 1 N–H and O–H groups in total. The Morgan fingerprint density at radius 3 is 2.59 bits per heavy atom. The standard InChI is InChI=1S/C33H38N2O3S/c1-24-21-28(14-15-30(24)38-2)27-12-9-26(10-13-27)23-35(32(36)33(37)17-4-3-5-18-33)29-8-6-7-25(22-29)11-16-31-34-19-20-39-31/h6-8,14-15,19-22,26-27,37H,3-5,9-10,12-13,17-18,23H2,1-2H3.